The molecule has 2 nitrogen and oxygen atoms in total. The maximum atomic E-state index is 14.6. The van der Waals surface area contributed by atoms with E-state index in [0.717, 1.165) is 24.7 Å². The van der Waals surface area contributed by atoms with Crippen molar-refractivity contribution in [3.63, 3.8) is 0 Å². The van der Waals surface area contributed by atoms with Gasteiger partial charge in [-0.3, -0.25) is 4.90 Å². The minimum Gasteiger partial charge on any atom is -0.350 e. The zero-order valence-corrected chi connectivity index (χ0v) is 14.2. The van der Waals surface area contributed by atoms with Crippen LogP contribution >= 0.6 is 0 Å². The molecule has 0 aliphatic carbocycles. The number of benzene rings is 2. The van der Waals surface area contributed by atoms with Crippen molar-refractivity contribution in [1.29, 1.82) is 0 Å². The Bertz CT molecular complexity index is 919. The largest absolute Gasteiger partial charge is 0.350 e. The topological polar surface area (TPSA) is 8.17 Å². The number of aromatic nitrogens is 1. The van der Waals surface area contributed by atoms with Gasteiger partial charge in [0.25, 0.3) is 0 Å². The molecule has 134 valence electrons. The molecule has 2 aromatic carbocycles. The van der Waals surface area contributed by atoms with E-state index in [1.165, 1.54) is 12.1 Å². The SMILES string of the molecule is Fc1ccccc1C1c2cccn2CCCN1Cc1cccc(F)c1F. The quantitative estimate of drug-likeness (QED) is 0.648. The smallest absolute Gasteiger partial charge is 0.163 e. The Morgan fingerprint density at radius 3 is 2.50 bits per heavy atom. The molecule has 1 aromatic heterocycles. The summed E-state index contributed by atoms with van der Waals surface area (Å²) < 4.78 is 44.6. The zero-order chi connectivity index (χ0) is 18.1. The van der Waals surface area contributed by atoms with Gasteiger partial charge in [0.1, 0.15) is 5.82 Å². The first-order chi connectivity index (χ1) is 12.6. The van der Waals surface area contributed by atoms with E-state index in [9.17, 15) is 13.2 Å². The van der Waals surface area contributed by atoms with E-state index in [0.29, 0.717) is 12.1 Å². The molecule has 1 unspecified atom stereocenters. The second kappa shape index (κ2) is 7.00. The van der Waals surface area contributed by atoms with E-state index in [4.69, 9.17) is 0 Å². The first-order valence-electron chi connectivity index (χ1n) is 8.71. The van der Waals surface area contributed by atoms with Gasteiger partial charge in [0.05, 0.1) is 6.04 Å². The monoisotopic (exact) mass is 356 g/mol. The normalized spacial score (nSPS) is 17.7. The van der Waals surface area contributed by atoms with Crippen LogP contribution in [0, 0.1) is 17.5 Å². The second-order valence-corrected chi connectivity index (χ2v) is 6.59. The van der Waals surface area contributed by atoms with Crippen LogP contribution in [0.25, 0.3) is 0 Å². The maximum absolute atomic E-state index is 14.6. The molecule has 1 aliphatic heterocycles. The Balaban J connectivity index is 1.79. The molecule has 0 N–H and O–H groups in total. The summed E-state index contributed by atoms with van der Waals surface area (Å²) in [6.45, 7) is 1.69. The fourth-order valence-corrected chi connectivity index (χ4v) is 3.75. The molecule has 1 aliphatic rings. The average molecular weight is 356 g/mol. The summed E-state index contributed by atoms with van der Waals surface area (Å²) in [4.78, 5) is 2.02. The van der Waals surface area contributed by atoms with Gasteiger partial charge in [-0.05, 0) is 30.7 Å². The van der Waals surface area contributed by atoms with Crippen molar-refractivity contribution in [2.45, 2.75) is 25.6 Å². The second-order valence-electron chi connectivity index (χ2n) is 6.59. The summed E-state index contributed by atoms with van der Waals surface area (Å²) in [7, 11) is 0. The predicted molar refractivity (Wildman–Crippen MR) is 94.1 cm³/mol. The number of rotatable bonds is 3. The number of nitrogens with zero attached hydrogens (tertiary/aromatic N) is 2. The van der Waals surface area contributed by atoms with E-state index in [1.807, 2.05) is 23.2 Å². The zero-order valence-electron chi connectivity index (χ0n) is 14.2. The van der Waals surface area contributed by atoms with Gasteiger partial charge in [-0.15, -0.1) is 0 Å². The molecule has 5 heteroatoms. The van der Waals surface area contributed by atoms with Gasteiger partial charge in [0.2, 0.25) is 0 Å². The molecule has 0 saturated heterocycles. The fraction of sp³-hybridized carbons (Fsp3) is 0.238. The Labute approximate surface area is 150 Å². The third-order valence-electron chi connectivity index (χ3n) is 4.96. The van der Waals surface area contributed by atoms with Crippen LogP contribution in [0.15, 0.2) is 60.8 Å². The van der Waals surface area contributed by atoms with Crippen molar-refractivity contribution in [3.05, 3.63) is 95.1 Å². The van der Waals surface area contributed by atoms with E-state index in [-0.39, 0.29) is 24.0 Å². The highest BCUT2D eigenvalue weighted by atomic mass is 19.2. The van der Waals surface area contributed by atoms with Crippen LogP contribution in [-0.4, -0.2) is 16.0 Å². The van der Waals surface area contributed by atoms with Crippen LogP contribution in [0.2, 0.25) is 0 Å². The van der Waals surface area contributed by atoms with Crippen molar-refractivity contribution in [2.75, 3.05) is 6.54 Å². The molecule has 26 heavy (non-hydrogen) atoms. The molecule has 0 saturated carbocycles. The van der Waals surface area contributed by atoms with Crippen molar-refractivity contribution in [2.24, 2.45) is 0 Å². The minimum atomic E-state index is -0.858. The van der Waals surface area contributed by atoms with Crippen molar-refractivity contribution in [3.8, 4) is 0 Å². The fourth-order valence-electron chi connectivity index (χ4n) is 3.75. The van der Waals surface area contributed by atoms with Gasteiger partial charge in [-0.1, -0.05) is 30.3 Å². The lowest BCUT2D eigenvalue weighted by atomic mass is 10.0. The number of aryl methyl sites for hydroxylation is 1. The van der Waals surface area contributed by atoms with Crippen LogP contribution in [0.1, 0.15) is 29.3 Å². The van der Waals surface area contributed by atoms with Gasteiger partial charge >= 0.3 is 0 Å². The highest BCUT2D eigenvalue weighted by Crippen LogP contribution is 2.34. The molecule has 1 atom stereocenters. The lowest BCUT2D eigenvalue weighted by molar-refractivity contribution is 0.213. The number of hydrogen-bond donors (Lipinski definition) is 0. The number of halogens is 3. The van der Waals surface area contributed by atoms with E-state index in [2.05, 4.69) is 4.57 Å². The van der Waals surface area contributed by atoms with Crippen LogP contribution < -0.4 is 0 Å². The number of hydrogen-bond acceptors (Lipinski definition) is 1. The summed E-state index contributed by atoms with van der Waals surface area (Å²) in [5.41, 5.74) is 1.79. The van der Waals surface area contributed by atoms with E-state index >= 15 is 0 Å². The third kappa shape index (κ3) is 3.03. The standard InChI is InChI=1S/C21H19F3N2/c22-17-8-2-1-7-16(17)21-19-10-4-11-25(19)12-5-13-26(21)14-15-6-3-9-18(23)20(15)24/h1-4,6-11,21H,5,12-14H2. The molecule has 0 spiro atoms. The van der Waals surface area contributed by atoms with Crippen LogP contribution in [0.3, 0.4) is 0 Å². The Morgan fingerprint density at radius 1 is 0.846 bits per heavy atom. The third-order valence-corrected chi connectivity index (χ3v) is 4.96. The summed E-state index contributed by atoms with van der Waals surface area (Å²) in [6, 6.07) is 14.4. The molecule has 0 fully saturated rings. The first-order valence-corrected chi connectivity index (χ1v) is 8.71. The summed E-state index contributed by atoms with van der Waals surface area (Å²) in [5, 5.41) is 0. The predicted octanol–water partition coefficient (Wildman–Crippen LogP) is 4.90. The summed E-state index contributed by atoms with van der Waals surface area (Å²) in [5.74, 6) is -1.99. The first kappa shape index (κ1) is 16.9. The highest BCUT2D eigenvalue weighted by molar-refractivity contribution is 5.31. The van der Waals surface area contributed by atoms with Crippen molar-refractivity contribution in [1.82, 2.24) is 9.47 Å². The molecular formula is C21H19F3N2. The lowest BCUT2D eigenvalue weighted by Gasteiger charge is -2.31. The molecule has 2 heterocycles. The van der Waals surface area contributed by atoms with Gasteiger partial charge in [0.15, 0.2) is 11.6 Å². The summed E-state index contributed by atoms with van der Waals surface area (Å²) in [6.07, 6.45) is 2.83. The van der Waals surface area contributed by atoms with E-state index in [1.54, 1.807) is 24.3 Å². The minimum absolute atomic E-state index is 0.216. The number of fused-ring (bicyclic) bond motifs is 1. The molecular weight excluding hydrogens is 337 g/mol. The lowest BCUT2D eigenvalue weighted by Crippen LogP contribution is -2.30. The molecule has 0 amide bonds. The molecule has 0 radical (unpaired) electrons. The highest BCUT2D eigenvalue weighted by Gasteiger charge is 2.30. The summed E-state index contributed by atoms with van der Waals surface area (Å²) >= 11 is 0. The maximum Gasteiger partial charge on any atom is 0.163 e. The average Bonchev–Trinajstić information content (AvgIpc) is 3.02. The van der Waals surface area contributed by atoms with Gasteiger partial charge < -0.3 is 4.57 Å². The van der Waals surface area contributed by atoms with Gasteiger partial charge in [-0.25, -0.2) is 13.2 Å². The van der Waals surface area contributed by atoms with E-state index < -0.39 is 11.6 Å². The van der Waals surface area contributed by atoms with Gasteiger partial charge in [-0.2, -0.15) is 0 Å². The van der Waals surface area contributed by atoms with Crippen LogP contribution in [0.4, 0.5) is 13.2 Å². The van der Waals surface area contributed by atoms with Crippen molar-refractivity contribution >= 4 is 0 Å². The van der Waals surface area contributed by atoms with Crippen LogP contribution in [0.5, 0.6) is 0 Å². The Kier molecular flexibility index (Phi) is 4.55. The molecule has 0 bridgehead atoms. The Morgan fingerprint density at radius 2 is 1.65 bits per heavy atom. The van der Waals surface area contributed by atoms with Crippen molar-refractivity contribution < 1.29 is 13.2 Å². The van der Waals surface area contributed by atoms with Crippen LogP contribution in [-0.2, 0) is 13.1 Å². The Hall–Kier alpha value is -2.53. The van der Waals surface area contributed by atoms with Gasteiger partial charge in [0, 0.05) is 42.7 Å². The molecule has 3 aromatic rings. The molecule has 4 rings (SSSR count).